The minimum atomic E-state index is -0.771. The second-order valence-electron chi connectivity index (χ2n) is 8.17. The minimum Gasteiger partial charge on any atom is -0.489 e. The van der Waals surface area contributed by atoms with Crippen molar-refractivity contribution in [1.29, 1.82) is 0 Å². The van der Waals surface area contributed by atoms with E-state index in [1.54, 1.807) is 25.4 Å². The number of amides is 1. The van der Waals surface area contributed by atoms with Crippen LogP contribution in [-0.4, -0.2) is 49.9 Å². The number of nitrogens with one attached hydrogen (secondary N) is 1. The molecule has 10 nitrogen and oxygen atoms in total. The van der Waals surface area contributed by atoms with Gasteiger partial charge < -0.3 is 14.6 Å². The Kier molecular flexibility index (Phi) is 7.43. The van der Waals surface area contributed by atoms with Crippen LogP contribution in [0, 0.1) is 11.8 Å². The molecule has 0 radical (unpaired) electrons. The molecule has 168 valence electrons. The third-order valence-electron chi connectivity index (χ3n) is 5.23. The predicted octanol–water partition coefficient (Wildman–Crippen LogP) is 3.49. The molecule has 1 aliphatic carbocycles. The highest BCUT2D eigenvalue weighted by Gasteiger charge is 2.28. The summed E-state index contributed by atoms with van der Waals surface area (Å²) in [6.45, 7) is 4.45. The molecule has 0 bridgehead atoms. The summed E-state index contributed by atoms with van der Waals surface area (Å²) < 4.78 is 12.6. The number of ether oxygens (including phenoxy) is 2. The topological polar surface area (TPSA) is 128 Å². The van der Waals surface area contributed by atoms with Gasteiger partial charge in [0.25, 0.3) is 0 Å². The summed E-state index contributed by atoms with van der Waals surface area (Å²) in [6, 6.07) is 3.48. The summed E-state index contributed by atoms with van der Waals surface area (Å²) in [7, 11) is 1.67. The number of carbonyl (C=O) groups is 2. The molecule has 0 spiro atoms. The van der Waals surface area contributed by atoms with Crippen molar-refractivity contribution in [1.82, 2.24) is 20.0 Å². The van der Waals surface area contributed by atoms with Crippen LogP contribution < -0.4 is 10.1 Å². The molecule has 1 amide bonds. The maximum Gasteiger partial charge on any atom is 0.412 e. The number of carboxylic acid groups (broad SMARTS) is 1. The Morgan fingerprint density at radius 3 is 2.81 bits per heavy atom. The van der Waals surface area contributed by atoms with Crippen LogP contribution in [0.2, 0.25) is 0 Å². The Morgan fingerprint density at radius 1 is 1.32 bits per heavy atom. The SMILES string of the molecule is CC(C)CCOC(=O)Nc1c(-c2ccc(O[C@H]3CCC[C@H](C(=O)O)C3)cn2)nnn1C. The molecule has 2 aromatic rings. The molecule has 2 N–H and O–H groups in total. The van der Waals surface area contributed by atoms with Crippen molar-refractivity contribution >= 4 is 17.9 Å². The van der Waals surface area contributed by atoms with Gasteiger partial charge in [-0.1, -0.05) is 19.1 Å². The first-order valence-corrected chi connectivity index (χ1v) is 10.5. The largest absolute Gasteiger partial charge is 0.489 e. The van der Waals surface area contributed by atoms with Gasteiger partial charge in [-0.05, 0) is 50.2 Å². The van der Waals surface area contributed by atoms with E-state index in [1.165, 1.54) is 4.68 Å². The fraction of sp³-hybridized carbons (Fsp3) is 0.571. The van der Waals surface area contributed by atoms with Crippen LogP contribution in [0.3, 0.4) is 0 Å². The molecule has 1 aliphatic rings. The van der Waals surface area contributed by atoms with E-state index in [1.807, 2.05) is 0 Å². The first-order valence-electron chi connectivity index (χ1n) is 10.5. The lowest BCUT2D eigenvalue weighted by Crippen LogP contribution is -2.29. The smallest absolute Gasteiger partial charge is 0.412 e. The Morgan fingerprint density at radius 2 is 2.13 bits per heavy atom. The zero-order valence-corrected chi connectivity index (χ0v) is 18.1. The number of rotatable bonds is 8. The van der Waals surface area contributed by atoms with Crippen molar-refractivity contribution in [3.63, 3.8) is 0 Å². The number of nitrogens with zero attached hydrogens (tertiary/aromatic N) is 4. The summed E-state index contributed by atoms with van der Waals surface area (Å²) in [5.41, 5.74) is 0.934. The Labute approximate surface area is 181 Å². The van der Waals surface area contributed by atoms with Crippen LogP contribution in [0.4, 0.5) is 10.6 Å². The maximum atomic E-state index is 12.1. The van der Waals surface area contributed by atoms with Crippen molar-refractivity contribution in [3.8, 4) is 17.1 Å². The molecule has 3 rings (SSSR count). The van der Waals surface area contributed by atoms with Gasteiger partial charge in [-0.25, -0.2) is 9.48 Å². The van der Waals surface area contributed by atoms with Crippen molar-refractivity contribution < 1.29 is 24.2 Å². The number of aryl methyl sites for hydroxylation is 1. The van der Waals surface area contributed by atoms with Crippen molar-refractivity contribution in [2.45, 2.75) is 52.1 Å². The predicted molar refractivity (Wildman–Crippen MR) is 113 cm³/mol. The molecule has 1 saturated carbocycles. The quantitative estimate of drug-likeness (QED) is 0.650. The lowest BCUT2D eigenvalue weighted by atomic mass is 9.87. The van der Waals surface area contributed by atoms with Gasteiger partial charge in [-0.3, -0.25) is 15.1 Å². The van der Waals surface area contributed by atoms with Gasteiger partial charge in [0, 0.05) is 7.05 Å². The van der Waals surface area contributed by atoms with E-state index >= 15 is 0 Å². The van der Waals surface area contributed by atoms with E-state index < -0.39 is 12.1 Å². The number of carboxylic acids is 1. The Balaban J connectivity index is 1.63. The molecule has 10 heteroatoms. The highest BCUT2D eigenvalue weighted by Crippen LogP contribution is 2.29. The molecule has 0 saturated heterocycles. The molecule has 31 heavy (non-hydrogen) atoms. The molecule has 0 aliphatic heterocycles. The van der Waals surface area contributed by atoms with E-state index in [9.17, 15) is 14.7 Å². The summed E-state index contributed by atoms with van der Waals surface area (Å²) in [5.74, 6) is 0.251. The zero-order chi connectivity index (χ0) is 22.4. The lowest BCUT2D eigenvalue weighted by molar-refractivity contribution is -0.143. The molecular weight excluding hydrogens is 402 g/mol. The first kappa shape index (κ1) is 22.5. The van der Waals surface area contributed by atoms with Crippen LogP contribution >= 0.6 is 0 Å². The number of aromatic nitrogens is 4. The standard InChI is InChI=1S/C21H29N5O5/c1-13(2)9-10-30-21(29)23-19-18(24-25-26(19)3)17-8-7-16(12-22-17)31-15-6-4-5-14(11-15)20(27)28/h7-8,12-15H,4-6,9-11H2,1-3H3,(H,23,29)(H,27,28)/t14-,15-/m0/s1. The van der Waals surface area contributed by atoms with E-state index in [4.69, 9.17) is 9.47 Å². The monoisotopic (exact) mass is 431 g/mol. The lowest BCUT2D eigenvalue weighted by Gasteiger charge is -2.27. The summed E-state index contributed by atoms with van der Waals surface area (Å²) in [5, 5.41) is 20.0. The first-order chi connectivity index (χ1) is 14.8. The Hall–Kier alpha value is -3.17. The van der Waals surface area contributed by atoms with Gasteiger partial charge in [0.1, 0.15) is 5.75 Å². The van der Waals surface area contributed by atoms with Crippen LogP contribution in [0.1, 0.15) is 46.0 Å². The average molecular weight is 431 g/mol. The zero-order valence-electron chi connectivity index (χ0n) is 18.1. The number of carbonyl (C=O) groups excluding carboxylic acids is 1. The third-order valence-corrected chi connectivity index (χ3v) is 5.23. The van der Waals surface area contributed by atoms with Crippen LogP contribution in [-0.2, 0) is 16.6 Å². The van der Waals surface area contributed by atoms with Crippen LogP contribution in [0.5, 0.6) is 5.75 Å². The van der Waals surface area contributed by atoms with E-state index in [0.717, 1.165) is 19.3 Å². The number of hydrogen-bond donors (Lipinski definition) is 2. The second kappa shape index (κ2) is 10.2. The van der Waals surface area contributed by atoms with E-state index in [0.29, 0.717) is 48.3 Å². The van der Waals surface area contributed by atoms with Gasteiger partial charge in [0.2, 0.25) is 0 Å². The molecular formula is C21H29N5O5. The van der Waals surface area contributed by atoms with Gasteiger partial charge in [-0.15, -0.1) is 5.10 Å². The average Bonchev–Trinajstić information content (AvgIpc) is 3.08. The summed E-state index contributed by atoms with van der Waals surface area (Å²) in [6.07, 6.45) is 4.47. The normalized spacial score (nSPS) is 18.6. The maximum absolute atomic E-state index is 12.1. The number of hydrogen-bond acceptors (Lipinski definition) is 7. The van der Waals surface area contributed by atoms with Crippen molar-refractivity contribution in [2.24, 2.45) is 18.9 Å². The van der Waals surface area contributed by atoms with E-state index in [-0.39, 0.29) is 12.0 Å². The fourth-order valence-corrected chi connectivity index (χ4v) is 3.45. The molecule has 2 heterocycles. The summed E-state index contributed by atoms with van der Waals surface area (Å²) >= 11 is 0. The number of aliphatic carboxylic acids is 1. The highest BCUT2D eigenvalue weighted by atomic mass is 16.5. The third kappa shape index (κ3) is 6.16. The molecule has 0 aromatic carbocycles. The molecule has 2 atom stereocenters. The molecule has 2 aromatic heterocycles. The fourth-order valence-electron chi connectivity index (χ4n) is 3.45. The molecule has 0 unspecified atom stereocenters. The van der Waals surface area contributed by atoms with E-state index in [2.05, 4.69) is 34.5 Å². The highest BCUT2D eigenvalue weighted by molar-refractivity contribution is 5.88. The van der Waals surface area contributed by atoms with Crippen molar-refractivity contribution in [2.75, 3.05) is 11.9 Å². The van der Waals surface area contributed by atoms with Gasteiger partial charge in [0.15, 0.2) is 11.5 Å². The Bertz CT molecular complexity index is 896. The van der Waals surface area contributed by atoms with Crippen molar-refractivity contribution in [3.05, 3.63) is 18.3 Å². The minimum absolute atomic E-state index is 0.142. The second-order valence-corrected chi connectivity index (χ2v) is 8.17. The van der Waals surface area contributed by atoms with Gasteiger partial charge in [-0.2, -0.15) is 0 Å². The van der Waals surface area contributed by atoms with Gasteiger partial charge in [0.05, 0.1) is 30.5 Å². The number of anilines is 1. The summed E-state index contributed by atoms with van der Waals surface area (Å²) in [4.78, 5) is 27.7. The molecule has 1 fully saturated rings. The van der Waals surface area contributed by atoms with Crippen LogP contribution in [0.25, 0.3) is 11.4 Å². The van der Waals surface area contributed by atoms with Crippen LogP contribution in [0.15, 0.2) is 18.3 Å². The van der Waals surface area contributed by atoms with Gasteiger partial charge >= 0.3 is 12.1 Å². The number of pyridine rings is 1.